The van der Waals surface area contributed by atoms with Crippen molar-refractivity contribution in [1.29, 1.82) is 0 Å². The third-order valence-corrected chi connectivity index (χ3v) is 1.90. The van der Waals surface area contributed by atoms with Gasteiger partial charge in [0.2, 0.25) is 6.08 Å². The van der Waals surface area contributed by atoms with Crippen molar-refractivity contribution in [2.75, 3.05) is 20.3 Å². The average Bonchev–Trinajstić information content (AvgIpc) is 2.30. The molecule has 0 heterocycles. The highest BCUT2D eigenvalue weighted by molar-refractivity contribution is 5.94. The van der Waals surface area contributed by atoms with Crippen molar-refractivity contribution in [1.82, 2.24) is 5.32 Å². The Hall–Kier alpha value is -1.97. The lowest BCUT2D eigenvalue weighted by atomic mass is 10.2. The van der Waals surface area contributed by atoms with E-state index in [0.717, 1.165) is 0 Å². The van der Waals surface area contributed by atoms with Gasteiger partial charge < -0.3 is 10.1 Å². The Morgan fingerprint density at radius 2 is 2.12 bits per heavy atom. The molecule has 1 aromatic rings. The van der Waals surface area contributed by atoms with Crippen LogP contribution in [0.15, 0.2) is 29.3 Å². The fourth-order valence-electron chi connectivity index (χ4n) is 1.11. The van der Waals surface area contributed by atoms with Crippen molar-refractivity contribution in [2.24, 2.45) is 4.99 Å². The number of ether oxygens (including phenoxy) is 1. The summed E-state index contributed by atoms with van der Waals surface area (Å²) in [5.41, 5.74) is 0.990. The second-order valence-electron chi connectivity index (χ2n) is 3.00. The largest absolute Gasteiger partial charge is 0.383 e. The Morgan fingerprint density at radius 1 is 1.44 bits per heavy atom. The molecule has 0 atom stereocenters. The standard InChI is InChI=1S/C11H12N2O3/c1-16-7-6-12-11(15)9-2-4-10(5-3-9)13-8-14/h2-5H,6-7H2,1H3,(H,12,15). The van der Waals surface area contributed by atoms with Crippen LogP contribution in [0.2, 0.25) is 0 Å². The van der Waals surface area contributed by atoms with E-state index in [4.69, 9.17) is 4.74 Å². The number of benzene rings is 1. The first-order valence-corrected chi connectivity index (χ1v) is 4.73. The summed E-state index contributed by atoms with van der Waals surface area (Å²) >= 11 is 0. The van der Waals surface area contributed by atoms with Gasteiger partial charge in [0, 0.05) is 19.2 Å². The Bertz CT molecular complexity index is 394. The van der Waals surface area contributed by atoms with Gasteiger partial charge in [-0.2, -0.15) is 4.99 Å². The highest BCUT2D eigenvalue weighted by Crippen LogP contribution is 2.11. The number of nitrogens with one attached hydrogen (secondary N) is 1. The van der Waals surface area contributed by atoms with Gasteiger partial charge in [-0.1, -0.05) is 0 Å². The Labute approximate surface area is 93.1 Å². The predicted octanol–water partition coefficient (Wildman–Crippen LogP) is 1.03. The van der Waals surface area contributed by atoms with E-state index in [-0.39, 0.29) is 5.91 Å². The third-order valence-electron chi connectivity index (χ3n) is 1.90. The topological polar surface area (TPSA) is 67.8 Å². The van der Waals surface area contributed by atoms with Crippen LogP contribution in [0.1, 0.15) is 10.4 Å². The lowest BCUT2D eigenvalue weighted by Crippen LogP contribution is -2.26. The molecule has 0 unspecified atom stereocenters. The molecule has 0 radical (unpaired) electrons. The first-order chi connectivity index (χ1) is 7.77. The molecule has 1 aromatic carbocycles. The van der Waals surface area contributed by atoms with Crippen molar-refractivity contribution in [3.63, 3.8) is 0 Å². The molecule has 16 heavy (non-hydrogen) atoms. The predicted molar refractivity (Wildman–Crippen MR) is 58.4 cm³/mol. The van der Waals surface area contributed by atoms with E-state index in [1.54, 1.807) is 31.4 Å². The summed E-state index contributed by atoms with van der Waals surface area (Å²) in [6, 6.07) is 6.35. The summed E-state index contributed by atoms with van der Waals surface area (Å²) in [5, 5.41) is 2.68. The minimum atomic E-state index is -0.182. The minimum absolute atomic E-state index is 0.182. The van der Waals surface area contributed by atoms with E-state index in [0.29, 0.717) is 24.4 Å². The summed E-state index contributed by atoms with van der Waals surface area (Å²) in [4.78, 5) is 24.9. The zero-order chi connectivity index (χ0) is 11.8. The smallest absolute Gasteiger partial charge is 0.251 e. The molecule has 1 amide bonds. The lowest BCUT2D eigenvalue weighted by molar-refractivity contribution is 0.0937. The average molecular weight is 220 g/mol. The molecule has 1 N–H and O–H groups in total. The van der Waals surface area contributed by atoms with E-state index in [1.165, 1.54) is 6.08 Å². The van der Waals surface area contributed by atoms with Gasteiger partial charge in [0.1, 0.15) is 0 Å². The molecular formula is C11H12N2O3. The van der Waals surface area contributed by atoms with Crippen molar-refractivity contribution in [3.8, 4) is 0 Å². The number of hydrogen-bond donors (Lipinski definition) is 1. The number of carbonyl (C=O) groups excluding carboxylic acids is 2. The van der Waals surface area contributed by atoms with Gasteiger partial charge in [0.25, 0.3) is 5.91 Å². The Kier molecular flexibility index (Phi) is 4.92. The van der Waals surface area contributed by atoms with Gasteiger partial charge in [-0.15, -0.1) is 0 Å². The maximum absolute atomic E-state index is 11.5. The summed E-state index contributed by atoms with van der Waals surface area (Å²) in [7, 11) is 1.57. The highest BCUT2D eigenvalue weighted by atomic mass is 16.5. The normalized spacial score (nSPS) is 9.31. The SMILES string of the molecule is COCCNC(=O)c1ccc(N=C=O)cc1. The fraction of sp³-hybridized carbons (Fsp3) is 0.273. The fourth-order valence-corrected chi connectivity index (χ4v) is 1.11. The molecule has 84 valence electrons. The van der Waals surface area contributed by atoms with Gasteiger partial charge in [-0.3, -0.25) is 4.79 Å². The van der Waals surface area contributed by atoms with Gasteiger partial charge in [-0.05, 0) is 24.3 Å². The summed E-state index contributed by atoms with van der Waals surface area (Å²) in [6.45, 7) is 0.933. The number of amides is 1. The Morgan fingerprint density at radius 3 is 2.69 bits per heavy atom. The number of rotatable bonds is 5. The number of isocyanates is 1. The summed E-state index contributed by atoms with van der Waals surface area (Å²) < 4.78 is 4.81. The van der Waals surface area contributed by atoms with Gasteiger partial charge in [0.05, 0.1) is 12.3 Å². The molecule has 1 rings (SSSR count). The van der Waals surface area contributed by atoms with Crippen LogP contribution >= 0.6 is 0 Å². The molecule has 0 aliphatic heterocycles. The van der Waals surface area contributed by atoms with Crippen LogP contribution in [0.4, 0.5) is 5.69 Å². The molecule has 0 aromatic heterocycles. The first kappa shape index (κ1) is 12.1. The molecule has 0 fully saturated rings. The van der Waals surface area contributed by atoms with E-state index in [2.05, 4.69) is 10.3 Å². The van der Waals surface area contributed by atoms with E-state index >= 15 is 0 Å². The van der Waals surface area contributed by atoms with Crippen molar-refractivity contribution < 1.29 is 14.3 Å². The molecular weight excluding hydrogens is 208 g/mol. The van der Waals surface area contributed by atoms with Crippen molar-refractivity contribution in [3.05, 3.63) is 29.8 Å². The van der Waals surface area contributed by atoms with Crippen LogP contribution in [-0.2, 0) is 9.53 Å². The molecule has 0 spiro atoms. The molecule has 0 bridgehead atoms. The molecule has 0 aliphatic carbocycles. The van der Waals surface area contributed by atoms with Gasteiger partial charge in [0.15, 0.2) is 0 Å². The van der Waals surface area contributed by atoms with Crippen LogP contribution in [-0.4, -0.2) is 32.2 Å². The number of hydrogen-bond acceptors (Lipinski definition) is 4. The molecule has 0 saturated heterocycles. The lowest BCUT2D eigenvalue weighted by Gasteiger charge is -2.04. The highest BCUT2D eigenvalue weighted by Gasteiger charge is 2.03. The summed E-state index contributed by atoms with van der Waals surface area (Å²) in [6.07, 6.45) is 1.43. The molecule has 5 nitrogen and oxygen atoms in total. The summed E-state index contributed by atoms with van der Waals surface area (Å²) in [5.74, 6) is -0.182. The molecule has 0 aliphatic rings. The van der Waals surface area contributed by atoms with E-state index < -0.39 is 0 Å². The van der Waals surface area contributed by atoms with Crippen LogP contribution in [0.3, 0.4) is 0 Å². The zero-order valence-electron chi connectivity index (χ0n) is 8.90. The molecule has 0 saturated carbocycles. The maximum atomic E-state index is 11.5. The third kappa shape index (κ3) is 3.65. The Balaban J connectivity index is 2.59. The quantitative estimate of drug-likeness (QED) is 0.458. The van der Waals surface area contributed by atoms with Crippen LogP contribution < -0.4 is 5.32 Å². The molecule has 5 heteroatoms. The number of aliphatic imine (C=N–C) groups is 1. The van der Waals surface area contributed by atoms with Crippen LogP contribution in [0, 0.1) is 0 Å². The van der Waals surface area contributed by atoms with Crippen molar-refractivity contribution >= 4 is 17.7 Å². The second-order valence-corrected chi connectivity index (χ2v) is 3.00. The second kappa shape index (κ2) is 6.50. The first-order valence-electron chi connectivity index (χ1n) is 4.73. The van der Waals surface area contributed by atoms with Crippen molar-refractivity contribution in [2.45, 2.75) is 0 Å². The maximum Gasteiger partial charge on any atom is 0.251 e. The van der Waals surface area contributed by atoms with E-state index in [1.807, 2.05) is 0 Å². The number of carbonyl (C=O) groups is 1. The zero-order valence-corrected chi connectivity index (χ0v) is 8.90. The monoisotopic (exact) mass is 220 g/mol. The van der Waals surface area contributed by atoms with E-state index in [9.17, 15) is 9.59 Å². The number of methoxy groups -OCH3 is 1. The number of nitrogens with zero attached hydrogens (tertiary/aromatic N) is 1. The van der Waals surface area contributed by atoms with Crippen LogP contribution in [0.5, 0.6) is 0 Å². The van der Waals surface area contributed by atoms with Gasteiger partial charge in [-0.25, -0.2) is 4.79 Å². The van der Waals surface area contributed by atoms with Crippen LogP contribution in [0.25, 0.3) is 0 Å². The minimum Gasteiger partial charge on any atom is -0.383 e. The van der Waals surface area contributed by atoms with Gasteiger partial charge >= 0.3 is 0 Å².